The van der Waals surface area contributed by atoms with Crippen molar-refractivity contribution in [2.45, 2.75) is 25.9 Å². The smallest absolute Gasteiger partial charge is 0.309 e. The Morgan fingerprint density at radius 3 is 2.68 bits per heavy atom. The van der Waals surface area contributed by atoms with Gasteiger partial charge in [0.1, 0.15) is 0 Å². The van der Waals surface area contributed by atoms with Crippen molar-refractivity contribution in [3.63, 3.8) is 0 Å². The molecular formula is C15H17Cl2NO4. The third kappa shape index (κ3) is 4.35. The van der Waals surface area contributed by atoms with E-state index in [0.717, 1.165) is 0 Å². The van der Waals surface area contributed by atoms with Gasteiger partial charge in [0.05, 0.1) is 21.7 Å². The molecule has 1 amide bonds. The molecular weight excluding hydrogens is 329 g/mol. The van der Waals surface area contributed by atoms with Crippen LogP contribution < -0.4 is 5.32 Å². The Kier molecular flexibility index (Phi) is 6.06. The van der Waals surface area contributed by atoms with Crippen molar-refractivity contribution >= 4 is 40.8 Å². The normalized spacial score (nSPS) is 16.9. The molecule has 1 atom stereocenters. The molecule has 1 aliphatic heterocycles. The van der Waals surface area contributed by atoms with Crippen LogP contribution >= 0.6 is 23.2 Å². The summed E-state index contributed by atoms with van der Waals surface area (Å²) in [5.74, 6) is -1.04. The molecule has 1 fully saturated rings. The summed E-state index contributed by atoms with van der Waals surface area (Å²) in [5.41, 5.74) is 0.383. The van der Waals surface area contributed by atoms with Crippen LogP contribution in [0.5, 0.6) is 0 Å². The predicted molar refractivity (Wildman–Crippen MR) is 84.2 cm³/mol. The number of carbonyl (C=O) groups excluding carboxylic acids is 2. The minimum Gasteiger partial charge on any atom is -0.452 e. The molecule has 1 aromatic carbocycles. The first-order chi connectivity index (χ1) is 10.5. The summed E-state index contributed by atoms with van der Waals surface area (Å²) < 4.78 is 10.4. The topological polar surface area (TPSA) is 64.6 Å². The highest BCUT2D eigenvalue weighted by molar-refractivity contribution is 6.44. The molecule has 0 unspecified atom stereocenters. The first-order valence-electron chi connectivity index (χ1n) is 7.02. The number of carbonyl (C=O) groups is 2. The number of amides is 1. The Hall–Kier alpha value is -1.30. The fourth-order valence-electron chi connectivity index (χ4n) is 2.09. The summed E-state index contributed by atoms with van der Waals surface area (Å²) in [6.07, 6.45) is 0.325. The maximum atomic E-state index is 12.1. The summed E-state index contributed by atoms with van der Waals surface area (Å²) in [7, 11) is 0. The monoisotopic (exact) mass is 345 g/mol. The Bertz CT molecular complexity index is 558. The lowest BCUT2D eigenvalue weighted by Crippen LogP contribution is -2.34. The van der Waals surface area contributed by atoms with Crippen LogP contribution in [0.15, 0.2) is 18.2 Å². The minimum absolute atomic E-state index is 0.209. The lowest BCUT2D eigenvalue weighted by molar-refractivity contribution is -0.160. The highest BCUT2D eigenvalue weighted by Gasteiger charge is 2.27. The largest absolute Gasteiger partial charge is 0.452 e. The van der Waals surface area contributed by atoms with Crippen LogP contribution in [-0.4, -0.2) is 31.2 Å². The van der Waals surface area contributed by atoms with Crippen molar-refractivity contribution in [1.82, 2.24) is 0 Å². The zero-order chi connectivity index (χ0) is 16.1. The quantitative estimate of drug-likeness (QED) is 0.850. The molecule has 5 nitrogen and oxygen atoms in total. The molecule has 120 valence electrons. The van der Waals surface area contributed by atoms with E-state index in [4.69, 9.17) is 32.7 Å². The first-order valence-corrected chi connectivity index (χ1v) is 7.77. The standard InChI is InChI=1S/C15H17Cl2NO4/c1-9(22-15(20)10-5-7-21-8-6-10)14(19)18-12-4-2-3-11(16)13(12)17/h2-4,9-10H,5-8H2,1H3,(H,18,19)/t9-/m1/s1. The number of anilines is 1. The lowest BCUT2D eigenvalue weighted by atomic mass is 10.0. The van der Waals surface area contributed by atoms with Gasteiger partial charge in [0.2, 0.25) is 0 Å². The molecule has 1 saturated heterocycles. The second-order valence-corrected chi connectivity index (χ2v) is 5.84. The Morgan fingerprint density at radius 2 is 2.00 bits per heavy atom. The van der Waals surface area contributed by atoms with E-state index in [-0.39, 0.29) is 16.9 Å². The van der Waals surface area contributed by atoms with E-state index in [1.54, 1.807) is 18.2 Å². The number of hydrogen-bond acceptors (Lipinski definition) is 4. The van der Waals surface area contributed by atoms with Gasteiger partial charge in [-0.2, -0.15) is 0 Å². The van der Waals surface area contributed by atoms with Crippen LogP contribution in [-0.2, 0) is 19.1 Å². The first kappa shape index (κ1) is 17.1. The summed E-state index contributed by atoms with van der Waals surface area (Å²) in [4.78, 5) is 24.1. The number of nitrogens with one attached hydrogen (secondary N) is 1. The maximum absolute atomic E-state index is 12.1. The van der Waals surface area contributed by atoms with E-state index in [1.165, 1.54) is 6.92 Å². The van der Waals surface area contributed by atoms with Crippen molar-refractivity contribution < 1.29 is 19.1 Å². The van der Waals surface area contributed by atoms with Crippen molar-refractivity contribution in [3.05, 3.63) is 28.2 Å². The van der Waals surface area contributed by atoms with Crippen LogP contribution in [0.25, 0.3) is 0 Å². The van der Waals surface area contributed by atoms with Crippen LogP contribution in [0.1, 0.15) is 19.8 Å². The fourth-order valence-corrected chi connectivity index (χ4v) is 2.44. The van der Waals surface area contributed by atoms with Gasteiger partial charge in [-0.15, -0.1) is 0 Å². The average Bonchev–Trinajstić information content (AvgIpc) is 2.52. The van der Waals surface area contributed by atoms with Crippen molar-refractivity contribution in [2.24, 2.45) is 5.92 Å². The maximum Gasteiger partial charge on any atom is 0.309 e. The molecule has 7 heteroatoms. The van der Waals surface area contributed by atoms with Crippen molar-refractivity contribution in [1.29, 1.82) is 0 Å². The summed E-state index contributed by atoms with van der Waals surface area (Å²) in [6, 6.07) is 4.91. The van der Waals surface area contributed by atoms with Gasteiger partial charge in [0, 0.05) is 13.2 Å². The number of halogens is 2. The molecule has 0 radical (unpaired) electrons. The van der Waals surface area contributed by atoms with E-state index in [1.807, 2.05) is 0 Å². The Balaban J connectivity index is 1.91. The van der Waals surface area contributed by atoms with E-state index in [2.05, 4.69) is 5.32 Å². The molecule has 1 N–H and O–H groups in total. The zero-order valence-electron chi connectivity index (χ0n) is 12.1. The summed E-state index contributed by atoms with van der Waals surface area (Å²) in [6.45, 7) is 2.60. The van der Waals surface area contributed by atoms with Crippen LogP contribution in [0.2, 0.25) is 10.0 Å². The number of esters is 1. The molecule has 0 aliphatic carbocycles. The van der Waals surface area contributed by atoms with Gasteiger partial charge < -0.3 is 14.8 Å². The van der Waals surface area contributed by atoms with Gasteiger partial charge in [-0.25, -0.2) is 0 Å². The third-order valence-corrected chi connectivity index (χ3v) is 4.25. The molecule has 0 bridgehead atoms. The highest BCUT2D eigenvalue weighted by Crippen LogP contribution is 2.29. The zero-order valence-corrected chi connectivity index (χ0v) is 13.6. The fraction of sp³-hybridized carbons (Fsp3) is 0.467. The van der Waals surface area contributed by atoms with Crippen LogP contribution in [0, 0.1) is 5.92 Å². The van der Waals surface area contributed by atoms with Crippen molar-refractivity contribution in [3.8, 4) is 0 Å². The minimum atomic E-state index is -0.912. The second kappa shape index (κ2) is 7.81. The van der Waals surface area contributed by atoms with Gasteiger partial charge >= 0.3 is 5.97 Å². The number of benzene rings is 1. The molecule has 0 spiro atoms. The van der Waals surface area contributed by atoms with E-state index >= 15 is 0 Å². The van der Waals surface area contributed by atoms with Crippen LogP contribution in [0.3, 0.4) is 0 Å². The molecule has 1 aliphatic rings. The molecule has 1 heterocycles. The van der Waals surface area contributed by atoms with Gasteiger partial charge in [-0.3, -0.25) is 9.59 Å². The highest BCUT2D eigenvalue weighted by atomic mass is 35.5. The molecule has 22 heavy (non-hydrogen) atoms. The Labute approximate surface area is 138 Å². The number of ether oxygens (including phenoxy) is 2. The SMILES string of the molecule is C[C@@H](OC(=O)C1CCOCC1)C(=O)Nc1cccc(Cl)c1Cl. The second-order valence-electron chi connectivity index (χ2n) is 5.06. The third-order valence-electron chi connectivity index (χ3n) is 3.43. The number of hydrogen-bond donors (Lipinski definition) is 1. The van der Waals surface area contributed by atoms with Gasteiger partial charge in [-0.05, 0) is 31.9 Å². The predicted octanol–water partition coefficient (Wildman–Crippen LogP) is 3.29. The van der Waals surface area contributed by atoms with Crippen LogP contribution in [0.4, 0.5) is 5.69 Å². The molecule has 2 rings (SSSR count). The van der Waals surface area contributed by atoms with Gasteiger partial charge in [0.25, 0.3) is 5.91 Å². The van der Waals surface area contributed by atoms with Gasteiger partial charge in [0.15, 0.2) is 6.10 Å². The van der Waals surface area contributed by atoms with Crippen molar-refractivity contribution in [2.75, 3.05) is 18.5 Å². The van der Waals surface area contributed by atoms with Gasteiger partial charge in [-0.1, -0.05) is 29.3 Å². The summed E-state index contributed by atoms with van der Waals surface area (Å²) in [5, 5.41) is 3.19. The summed E-state index contributed by atoms with van der Waals surface area (Å²) >= 11 is 11.9. The molecule has 1 aromatic rings. The lowest BCUT2D eigenvalue weighted by Gasteiger charge is -2.22. The number of rotatable bonds is 4. The molecule has 0 aromatic heterocycles. The Morgan fingerprint density at radius 1 is 1.32 bits per heavy atom. The van der Waals surface area contributed by atoms with E-state index in [0.29, 0.717) is 36.8 Å². The van der Waals surface area contributed by atoms with E-state index < -0.39 is 12.0 Å². The molecule has 0 saturated carbocycles. The van der Waals surface area contributed by atoms with E-state index in [9.17, 15) is 9.59 Å². The average molecular weight is 346 g/mol.